The van der Waals surface area contributed by atoms with E-state index in [2.05, 4.69) is 15.6 Å². The van der Waals surface area contributed by atoms with Gasteiger partial charge in [-0.05, 0) is 41.7 Å². The highest BCUT2D eigenvalue weighted by Crippen LogP contribution is 2.38. The average Bonchev–Trinajstić information content (AvgIpc) is 3.33. The molecule has 3 aromatic rings. The Morgan fingerprint density at radius 3 is 2.79 bits per heavy atom. The zero-order valence-electron chi connectivity index (χ0n) is 13.1. The summed E-state index contributed by atoms with van der Waals surface area (Å²) in [5.41, 5.74) is 4.44. The molecule has 1 heterocycles. The van der Waals surface area contributed by atoms with Crippen molar-refractivity contribution in [2.45, 2.75) is 31.4 Å². The molecule has 0 radical (unpaired) electrons. The van der Waals surface area contributed by atoms with E-state index >= 15 is 0 Å². The monoisotopic (exact) mass is 322 g/mol. The third kappa shape index (κ3) is 2.67. The topological polar surface area (TPSA) is 75.3 Å². The molecule has 0 bridgehead atoms. The maximum atomic E-state index is 10.9. The summed E-state index contributed by atoms with van der Waals surface area (Å²) < 4.78 is 2.21. The second-order valence-corrected chi connectivity index (χ2v) is 6.29. The van der Waals surface area contributed by atoms with Crippen molar-refractivity contribution in [1.82, 2.24) is 9.55 Å². The Bertz CT molecular complexity index is 912. The van der Waals surface area contributed by atoms with Crippen LogP contribution in [0.25, 0.3) is 22.2 Å². The second-order valence-electron chi connectivity index (χ2n) is 6.29. The molecule has 5 nitrogen and oxygen atoms in total. The van der Waals surface area contributed by atoms with Gasteiger partial charge in [0.1, 0.15) is 0 Å². The zero-order chi connectivity index (χ0) is 16.7. The maximum Gasteiger partial charge on any atom is 0.306 e. The Hall–Kier alpha value is -2.66. The number of rotatable bonds is 5. The number of carboxylic acid groups (broad SMARTS) is 1. The van der Waals surface area contributed by atoms with Gasteiger partial charge in [0.05, 0.1) is 29.9 Å². The molecule has 122 valence electrons. The summed E-state index contributed by atoms with van der Waals surface area (Å²) in [5.74, 6) is -1.02. The van der Waals surface area contributed by atoms with E-state index in [4.69, 9.17) is 5.11 Å². The van der Waals surface area contributed by atoms with Crippen molar-refractivity contribution in [2.75, 3.05) is 0 Å². The summed E-state index contributed by atoms with van der Waals surface area (Å²) in [6, 6.07) is 14.0. The van der Waals surface area contributed by atoms with Crippen molar-refractivity contribution in [3.05, 3.63) is 54.4 Å². The minimum atomic E-state index is -1.03. The lowest BCUT2D eigenvalue weighted by atomic mass is 9.94. The first-order valence-electron chi connectivity index (χ1n) is 8.09. The number of aromatic nitrogens is 2. The van der Waals surface area contributed by atoms with E-state index in [0.717, 1.165) is 22.2 Å². The highest BCUT2D eigenvalue weighted by atomic mass is 16.4. The number of carbonyl (C=O) groups is 1. The number of aliphatic hydroxyl groups is 1. The summed E-state index contributed by atoms with van der Waals surface area (Å²) in [7, 11) is 0. The van der Waals surface area contributed by atoms with Crippen LogP contribution in [0.2, 0.25) is 0 Å². The highest BCUT2D eigenvalue weighted by molar-refractivity contribution is 5.83. The van der Waals surface area contributed by atoms with Gasteiger partial charge in [0, 0.05) is 6.04 Å². The highest BCUT2D eigenvalue weighted by Gasteiger charge is 2.25. The maximum absolute atomic E-state index is 10.9. The number of nitrogens with zero attached hydrogens (tertiary/aromatic N) is 2. The molecule has 1 atom stereocenters. The van der Waals surface area contributed by atoms with Gasteiger partial charge in [0.25, 0.3) is 0 Å². The van der Waals surface area contributed by atoms with Crippen molar-refractivity contribution >= 4 is 17.0 Å². The number of fused-ring (bicyclic) bond motifs is 1. The molecule has 5 heteroatoms. The minimum Gasteiger partial charge on any atom is -0.481 e. The normalized spacial score (nSPS) is 15.5. The number of carboxylic acids is 1. The standard InChI is InChI=1S/C19H18N2O3/c22-18(10-19(23)24)15-4-2-1-3-14(15)12-5-8-17-16(9-12)20-11-21(17)13-6-7-13/h1-5,8-9,11,13,18,22H,6-7,10H2,(H,23,24). The van der Waals surface area contributed by atoms with Crippen LogP contribution in [0, 0.1) is 0 Å². The Labute approximate surface area is 139 Å². The van der Waals surface area contributed by atoms with E-state index < -0.39 is 12.1 Å². The van der Waals surface area contributed by atoms with Crippen LogP contribution in [0.15, 0.2) is 48.8 Å². The number of aliphatic carboxylic acids is 1. The summed E-state index contributed by atoms with van der Waals surface area (Å²) in [6.07, 6.45) is 2.96. The summed E-state index contributed by atoms with van der Waals surface area (Å²) >= 11 is 0. The molecule has 1 aliphatic rings. The van der Waals surface area contributed by atoms with Crippen molar-refractivity contribution < 1.29 is 15.0 Å². The zero-order valence-corrected chi connectivity index (χ0v) is 13.1. The lowest BCUT2D eigenvalue weighted by Gasteiger charge is -2.14. The molecule has 0 saturated heterocycles. The molecule has 1 fully saturated rings. The van der Waals surface area contributed by atoms with E-state index in [0.29, 0.717) is 11.6 Å². The Morgan fingerprint density at radius 2 is 2.04 bits per heavy atom. The summed E-state index contributed by atoms with van der Waals surface area (Å²) in [4.78, 5) is 15.4. The predicted molar refractivity (Wildman–Crippen MR) is 90.7 cm³/mol. The first kappa shape index (κ1) is 14.9. The lowest BCUT2D eigenvalue weighted by molar-refractivity contribution is -0.139. The first-order chi connectivity index (χ1) is 11.6. The van der Waals surface area contributed by atoms with Crippen LogP contribution in [0.5, 0.6) is 0 Å². The van der Waals surface area contributed by atoms with E-state index in [1.165, 1.54) is 12.8 Å². The third-order valence-electron chi connectivity index (χ3n) is 4.51. The van der Waals surface area contributed by atoms with E-state index in [1.54, 1.807) is 6.07 Å². The third-order valence-corrected chi connectivity index (χ3v) is 4.51. The van der Waals surface area contributed by atoms with Crippen LogP contribution in [0.3, 0.4) is 0 Å². The van der Waals surface area contributed by atoms with Gasteiger partial charge in [-0.1, -0.05) is 30.3 Å². The van der Waals surface area contributed by atoms with Crippen molar-refractivity contribution in [1.29, 1.82) is 0 Å². The summed E-state index contributed by atoms with van der Waals surface area (Å²) in [6.45, 7) is 0. The Balaban J connectivity index is 1.76. The molecule has 4 rings (SSSR count). The predicted octanol–water partition coefficient (Wildman–Crippen LogP) is 3.55. The fourth-order valence-corrected chi connectivity index (χ4v) is 3.17. The second kappa shape index (κ2) is 5.76. The van der Waals surface area contributed by atoms with Crippen LogP contribution in [-0.2, 0) is 4.79 Å². The molecule has 1 aliphatic carbocycles. The number of imidazole rings is 1. The molecule has 24 heavy (non-hydrogen) atoms. The van der Waals surface area contributed by atoms with Crippen molar-refractivity contribution in [3.8, 4) is 11.1 Å². The minimum absolute atomic E-state index is 0.310. The van der Waals surface area contributed by atoms with Gasteiger partial charge in [0.2, 0.25) is 0 Å². The molecule has 1 aromatic heterocycles. The molecule has 1 unspecified atom stereocenters. The van der Waals surface area contributed by atoms with Crippen LogP contribution in [0.4, 0.5) is 0 Å². The van der Waals surface area contributed by atoms with E-state index in [-0.39, 0.29) is 6.42 Å². The van der Waals surface area contributed by atoms with Gasteiger partial charge in [-0.2, -0.15) is 0 Å². The fraction of sp³-hybridized carbons (Fsp3) is 0.263. The lowest BCUT2D eigenvalue weighted by Crippen LogP contribution is -2.06. The largest absolute Gasteiger partial charge is 0.481 e. The average molecular weight is 322 g/mol. The van der Waals surface area contributed by atoms with Gasteiger partial charge >= 0.3 is 5.97 Å². The molecule has 0 spiro atoms. The van der Waals surface area contributed by atoms with Gasteiger partial charge in [0.15, 0.2) is 0 Å². The molecular weight excluding hydrogens is 304 g/mol. The smallest absolute Gasteiger partial charge is 0.306 e. The van der Waals surface area contributed by atoms with Crippen LogP contribution >= 0.6 is 0 Å². The molecule has 1 saturated carbocycles. The number of aliphatic hydroxyl groups excluding tert-OH is 1. The molecule has 2 N–H and O–H groups in total. The summed E-state index contributed by atoms with van der Waals surface area (Å²) in [5, 5.41) is 19.2. The van der Waals surface area contributed by atoms with Gasteiger partial charge in [-0.3, -0.25) is 4.79 Å². The molecule has 0 amide bonds. The number of benzene rings is 2. The molecular formula is C19H18N2O3. The fourth-order valence-electron chi connectivity index (χ4n) is 3.17. The van der Waals surface area contributed by atoms with Crippen molar-refractivity contribution in [2.24, 2.45) is 0 Å². The molecule has 2 aromatic carbocycles. The van der Waals surface area contributed by atoms with Crippen molar-refractivity contribution in [3.63, 3.8) is 0 Å². The van der Waals surface area contributed by atoms with Crippen LogP contribution < -0.4 is 0 Å². The Morgan fingerprint density at radius 1 is 1.25 bits per heavy atom. The quantitative estimate of drug-likeness (QED) is 0.753. The van der Waals surface area contributed by atoms with E-state index in [1.807, 2.05) is 36.7 Å². The number of hydrogen-bond acceptors (Lipinski definition) is 3. The van der Waals surface area contributed by atoms with Gasteiger partial charge in [-0.25, -0.2) is 4.98 Å². The number of hydrogen-bond donors (Lipinski definition) is 2. The van der Waals surface area contributed by atoms with E-state index in [9.17, 15) is 9.90 Å². The molecule has 0 aliphatic heterocycles. The SMILES string of the molecule is O=C(O)CC(O)c1ccccc1-c1ccc2c(c1)ncn2C1CC1. The van der Waals surface area contributed by atoms with Crippen LogP contribution in [-0.4, -0.2) is 25.7 Å². The van der Waals surface area contributed by atoms with Crippen LogP contribution in [0.1, 0.15) is 37.0 Å². The van der Waals surface area contributed by atoms with Gasteiger partial charge in [-0.15, -0.1) is 0 Å². The van der Waals surface area contributed by atoms with Gasteiger partial charge < -0.3 is 14.8 Å². The Kier molecular flexibility index (Phi) is 3.58. The first-order valence-corrected chi connectivity index (χ1v) is 8.09.